The van der Waals surface area contributed by atoms with Crippen LogP contribution in [-0.4, -0.2) is 13.4 Å². The molecule has 0 spiro atoms. The molecule has 18 heavy (non-hydrogen) atoms. The maximum atomic E-state index is 11.1. The number of aldehydes is 1. The van der Waals surface area contributed by atoms with Gasteiger partial charge in [0.05, 0.1) is 7.11 Å². The van der Waals surface area contributed by atoms with Crippen molar-refractivity contribution >= 4 is 6.29 Å². The van der Waals surface area contributed by atoms with Crippen LogP contribution in [0.15, 0.2) is 54.6 Å². The molecule has 0 aliphatic rings. The number of benzene rings is 2. The number of rotatable bonds is 5. The van der Waals surface area contributed by atoms with Crippen molar-refractivity contribution in [2.24, 2.45) is 0 Å². The van der Waals surface area contributed by atoms with Gasteiger partial charge in [0.2, 0.25) is 0 Å². The van der Waals surface area contributed by atoms with Gasteiger partial charge in [0.1, 0.15) is 12.3 Å². The van der Waals surface area contributed by atoms with Crippen LogP contribution >= 0.6 is 0 Å². The predicted molar refractivity (Wildman–Crippen MR) is 70.8 cm³/mol. The zero-order valence-electron chi connectivity index (χ0n) is 10.2. The normalized spacial score (nSPS) is 12.1. The first-order valence-electron chi connectivity index (χ1n) is 5.75. The van der Waals surface area contributed by atoms with E-state index in [0.717, 1.165) is 23.0 Å². The molecule has 0 heterocycles. The molecule has 3 nitrogen and oxygen atoms in total. The molecule has 92 valence electrons. The van der Waals surface area contributed by atoms with Crippen LogP contribution in [0.5, 0.6) is 0 Å². The summed E-state index contributed by atoms with van der Waals surface area (Å²) < 4.78 is 0. The number of hydrogen-bond donors (Lipinski definition) is 1. The van der Waals surface area contributed by atoms with Crippen molar-refractivity contribution in [3.63, 3.8) is 0 Å². The van der Waals surface area contributed by atoms with Gasteiger partial charge in [-0.3, -0.25) is 0 Å². The molecular weight excluding hydrogens is 226 g/mol. The monoisotopic (exact) mass is 241 g/mol. The predicted octanol–water partition coefficient (Wildman–Crippen LogP) is 2.74. The van der Waals surface area contributed by atoms with Crippen molar-refractivity contribution in [3.8, 4) is 11.1 Å². The van der Waals surface area contributed by atoms with E-state index in [9.17, 15) is 4.79 Å². The summed E-state index contributed by atoms with van der Waals surface area (Å²) in [4.78, 5) is 16.0. The van der Waals surface area contributed by atoms with E-state index in [2.05, 4.69) is 5.48 Å². The van der Waals surface area contributed by atoms with Gasteiger partial charge in [-0.05, 0) is 16.7 Å². The first-order valence-corrected chi connectivity index (χ1v) is 5.75. The fourth-order valence-electron chi connectivity index (χ4n) is 1.94. The number of hydrogen-bond acceptors (Lipinski definition) is 3. The van der Waals surface area contributed by atoms with E-state index >= 15 is 0 Å². The molecule has 0 aliphatic heterocycles. The first-order chi connectivity index (χ1) is 8.86. The molecule has 0 amide bonds. The quantitative estimate of drug-likeness (QED) is 0.646. The van der Waals surface area contributed by atoms with Crippen molar-refractivity contribution in [1.82, 2.24) is 5.48 Å². The summed E-state index contributed by atoms with van der Waals surface area (Å²) in [6, 6.07) is 17.3. The summed E-state index contributed by atoms with van der Waals surface area (Å²) in [6.45, 7) is 0. The highest BCUT2D eigenvalue weighted by Crippen LogP contribution is 2.27. The van der Waals surface area contributed by atoms with Crippen molar-refractivity contribution < 1.29 is 9.63 Å². The van der Waals surface area contributed by atoms with Crippen LogP contribution in [0.4, 0.5) is 0 Å². The topological polar surface area (TPSA) is 38.3 Å². The second-order valence-corrected chi connectivity index (χ2v) is 3.89. The molecule has 1 N–H and O–H groups in total. The molecule has 2 rings (SSSR count). The number of nitrogens with one attached hydrogen (secondary N) is 1. The Balaban J connectivity index is 2.45. The first kappa shape index (κ1) is 12.5. The number of carbonyl (C=O) groups excluding carboxylic acids is 1. The van der Waals surface area contributed by atoms with Crippen molar-refractivity contribution in [1.29, 1.82) is 0 Å². The van der Waals surface area contributed by atoms with Crippen LogP contribution in [0.1, 0.15) is 11.6 Å². The van der Waals surface area contributed by atoms with E-state index < -0.39 is 6.04 Å². The minimum atomic E-state index is -0.466. The largest absolute Gasteiger partial charge is 0.304 e. The van der Waals surface area contributed by atoms with Gasteiger partial charge in [-0.1, -0.05) is 54.6 Å². The van der Waals surface area contributed by atoms with Gasteiger partial charge in [0, 0.05) is 0 Å². The standard InChI is InChI=1S/C15H15NO2/c1-18-16-15(11-17)14-10-6-5-9-13(14)12-7-3-2-4-8-12/h2-11,15-16H,1H3/t15-/m1/s1. The number of hydroxylamine groups is 1. The Labute approximate surface area is 106 Å². The fraction of sp³-hybridized carbons (Fsp3) is 0.133. The van der Waals surface area contributed by atoms with Gasteiger partial charge in [0.25, 0.3) is 0 Å². The molecule has 0 bridgehead atoms. The van der Waals surface area contributed by atoms with Gasteiger partial charge >= 0.3 is 0 Å². The van der Waals surface area contributed by atoms with Crippen LogP contribution in [0.25, 0.3) is 11.1 Å². The summed E-state index contributed by atoms with van der Waals surface area (Å²) in [5.74, 6) is 0. The van der Waals surface area contributed by atoms with Gasteiger partial charge in [-0.15, -0.1) is 0 Å². The SMILES string of the molecule is CON[C@H](C=O)c1ccccc1-c1ccccc1. The lowest BCUT2D eigenvalue weighted by atomic mass is 9.96. The van der Waals surface area contributed by atoms with Crippen LogP contribution in [-0.2, 0) is 9.63 Å². The van der Waals surface area contributed by atoms with E-state index in [0.29, 0.717) is 0 Å². The smallest absolute Gasteiger partial charge is 0.143 e. The van der Waals surface area contributed by atoms with Gasteiger partial charge in [0.15, 0.2) is 0 Å². The van der Waals surface area contributed by atoms with Crippen molar-refractivity contribution in [3.05, 3.63) is 60.2 Å². The molecule has 0 radical (unpaired) electrons. The summed E-state index contributed by atoms with van der Waals surface area (Å²) in [6.07, 6.45) is 0.839. The van der Waals surface area contributed by atoms with Crippen LogP contribution in [0, 0.1) is 0 Å². The Morgan fingerprint density at radius 2 is 1.72 bits per heavy atom. The minimum absolute atomic E-state index is 0.466. The zero-order valence-corrected chi connectivity index (χ0v) is 10.2. The fourth-order valence-corrected chi connectivity index (χ4v) is 1.94. The van der Waals surface area contributed by atoms with Gasteiger partial charge in [-0.25, -0.2) is 0 Å². The van der Waals surface area contributed by atoms with E-state index in [1.807, 2.05) is 54.6 Å². The Morgan fingerprint density at radius 1 is 1.06 bits per heavy atom. The Bertz CT molecular complexity index is 511. The molecule has 0 aliphatic carbocycles. The maximum absolute atomic E-state index is 11.1. The molecule has 1 atom stereocenters. The van der Waals surface area contributed by atoms with Crippen LogP contribution < -0.4 is 5.48 Å². The molecule has 0 aromatic heterocycles. The third-order valence-corrected chi connectivity index (χ3v) is 2.76. The molecule has 0 unspecified atom stereocenters. The highest BCUT2D eigenvalue weighted by atomic mass is 16.6. The lowest BCUT2D eigenvalue weighted by Crippen LogP contribution is -2.21. The summed E-state index contributed by atoms with van der Waals surface area (Å²) in [7, 11) is 1.50. The molecule has 2 aromatic rings. The Kier molecular flexibility index (Phi) is 4.23. The third-order valence-electron chi connectivity index (χ3n) is 2.76. The summed E-state index contributed by atoms with van der Waals surface area (Å²) >= 11 is 0. The van der Waals surface area contributed by atoms with E-state index in [1.165, 1.54) is 7.11 Å². The van der Waals surface area contributed by atoms with E-state index in [4.69, 9.17) is 4.84 Å². The van der Waals surface area contributed by atoms with E-state index in [1.54, 1.807) is 0 Å². The molecule has 0 saturated heterocycles. The average molecular weight is 241 g/mol. The summed E-state index contributed by atoms with van der Waals surface area (Å²) in [5.41, 5.74) is 5.70. The second kappa shape index (κ2) is 6.10. The maximum Gasteiger partial charge on any atom is 0.143 e. The lowest BCUT2D eigenvalue weighted by Gasteiger charge is -2.15. The molecule has 3 heteroatoms. The van der Waals surface area contributed by atoms with Gasteiger partial charge in [-0.2, -0.15) is 5.48 Å². The molecule has 0 fully saturated rings. The van der Waals surface area contributed by atoms with Crippen LogP contribution in [0.3, 0.4) is 0 Å². The highest BCUT2D eigenvalue weighted by molar-refractivity contribution is 5.73. The molecule has 2 aromatic carbocycles. The third kappa shape index (κ3) is 2.64. The van der Waals surface area contributed by atoms with Crippen molar-refractivity contribution in [2.45, 2.75) is 6.04 Å². The minimum Gasteiger partial charge on any atom is -0.304 e. The van der Waals surface area contributed by atoms with Crippen LogP contribution in [0.2, 0.25) is 0 Å². The number of carbonyl (C=O) groups is 1. The van der Waals surface area contributed by atoms with Gasteiger partial charge < -0.3 is 9.63 Å². The summed E-state index contributed by atoms with van der Waals surface area (Å²) in [5, 5.41) is 0. The van der Waals surface area contributed by atoms with Crippen molar-refractivity contribution in [2.75, 3.05) is 7.11 Å². The van der Waals surface area contributed by atoms with E-state index in [-0.39, 0.29) is 0 Å². The Hall–Kier alpha value is -1.97. The zero-order chi connectivity index (χ0) is 12.8. The highest BCUT2D eigenvalue weighted by Gasteiger charge is 2.14. The second-order valence-electron chi connectivity index (χ2n) is 3.89. The average Bonchev–Trinajstić information content (AvgIpc) is 2.46. The Morgan fingerprint density at radius 3 is 2.39 bits per heavy atom. The molecule has 0 saturated carbocycles. The lowest BCUT2D eigenvalue weighted by molar-refractivity contribution is -0.112. The molecular formula is C15H15NO2.